The molecule has 2 fully saturated rings. The number of esters is 1. The number of benzene rings is 2. The molecule has 0 radical (unpaired) electrons. The molecule has 65 heavy (non-hydrogen) atoms. The molecule has 6 aliphatic rings. The first-order chi connectivity index (χ1) is 31.5. The summed E-state index contributed by atoms with van der Waals surface area (Å²) >= 11 is 6.72. The van der Waals surface area contributed by atoms with E-state index in [1.165, 1.54) is 11.1 Å². The molecular weight excluding hydrogens is 834 g/mol. The molecule has 10 rings (SSSR count). The zero-order valence-corrected chi connectivity index (χ0v) is 38.9. The molecule has 2 N–H and O–H groups in total. The fourth-order valence-corrected chi connectivity index (χ4v) is 10.1. The molecule has 0 saturated carbocycles. The fraction of sp³-hybridized carbons (Fsp3) is 0.426. The smallest absolute Gasteiger partial charge is 0.306 e. The number of piperidine rings is 2. The third kappa shape index (κ3) is 10.7. The summed E-state index contributed by atoms with van der Waals surface area (Å²) in [7, 11) is 0. The Labute approximate surface area is 388 Å². The van der Waals surface area contributed by atoms with Gasteiger partial charge in [-0.1, -0.05) is 48.1 Å². The van der Waals surface area contributed by atoms with E-state index < -0.39 is 5.60 Å². The monoisotopic (exact) mass is 895 g/mol. The molecule has 0 bridgehead atoms. The van der Waals surface area contributed by atoms with Gasteiger partial charge in [0.05, 0.1) is 11.6 Å². The van der Waals surface area contributed by atoms with Gasteiger partial charge in [-0.15, -0.1) is 0 Å². The molecule has 4 aromatic rings. The van der Waals surface area contributed by atoms with E-state index in [1.807, 2.05) is 58.6 Å². The molecular formula is C54H62ClN5O5. The first-order valence-corrected chi connectivity index (χ1v) is 23.8. The van der Waals surface area contributed by atoms with Crippen LogP contribution in [0.5, 0.6) is 5.75 Å². The van der Waals surface area contributed by atoms with E-state index in [4.69, 9.17) is 36.3 Å². The molecule has 340 valence electrons. The Morgan fingerprint density at radius 2 is 1.25 bits per heavy atom. The summed E-state index contributed by atoms with van der Waals surface area (Å²) in [5, 5.41) is 4.89. The Balaban J connectivity index is 0.000000166. The second-order valence-corrected chi connectivity index (χ2v) is 19.6. The summed E-state index contributed by atoms with van der Waals surface area (Å²) in [6, 6.07) is 9.06. The van der Waals surface area contributed by atoms with E-state index in [-0.39, 0.29) is 30.0 Å². The minimum Gasteiger partial charge on any atom is -0.493 e. The van der Waals surface area contributed by atoms with Crippen molar-refractivity contribution in [3.8, 4) is 5.75 Å². The van der Waals surface area contributed by atoms with E-state index in [2.05, 4.69) is 98.7 Å². The van der Waals surface area contributed by atoms with Gasteiger partial charge < -0.3 is 24.7 Å². The minimum absolute atomic E-state index is 0.0471. The number of ether oxygens (including phenoxy) is 4. The van der Waals surface area contributed by atoms with E-state index in [1.54, 1.807) is 0 Å². The van der Waals surface area contributed by atoms with Crippen LogP contribution in [0.4, 0.5) is 0 Å². The molecule has 0 spiro atoms. The van der Waals surface area contributed by atoms with Gasteiger partial charge in [0.15, 0.2) is 0 Å². The van der Waals surface area contributed by atoms with Crippen molar-refractivity contribution >= 4 is 50.6 Å². The number of hydrogen-bond acceptors (Lipinski definition) is 10. The van der Waals surface area contributed by atoms with Gasteiger partial charge in [-0.2, -0.15) is 0 Å². The summed E-state index contributed by atoms with van der Waals surface area (Å²) in [6.07, 6.45) is 33.5. The SMILES string of the molecule is CC(C)(C)OC(=O)CC1CCN(Cc2cc(Cl)c3cncc(C4=CC5C=CC=CC5O4)c3c2)CC1.CCOc1cc(CN2CCC(N)CC2)cc2c(C3=CC4C=CC=CC4O3)cncc12. The number of allylic oxidation sites excluding steroid dienone is 4. The summed E-state index contributed by atoms with van der Waals surface area (Å²) in [4.78, 5) is 26.1. The number of nitrogens with two attached hydrogens (primary N) is 1. The summed E-state index contributed by atoms with van der Waals surface area (Å²) in [5.41, 5.74) is 10.1. The number of aromatic nitrogens is 2. The predicted molar refractivity (Wildman–Crippen MR) is 260 cm³/mol. The van der Waals surface area contributed by atoms with Crippen LogP contribution in [-0.4, -0.2) is 82.4 Å². The zero-order chi connectivity index (χ0) is 45.1. The number of carbonyl (C=O) groups is 1. The Hall–Kier alpha value is -5.26. The van der Waals surface area contributed by atoms with Gasteiger partial charge in [0.2, 0.25) is 0 Å². The lowest BCUT2D eigenvalue weighted by molar-refractivity contribution is -0.156. The number of fused-ring (bicyclic) bond motifs is 4. The van der Waals surface area contributed by atoms with Crippen LogP contribution in [0.2, 0.25) is 5.02 Å². The van der Waals surface area contributed by atoms with Crippen LogP contribution in [0.15, 0.2) is 110 Å². The highest BCUT2D eigenvalue weighted by atomic mass is 35.5. The number of pyridine rings is 2. The van der Waals surface area contributed by atoms with Crippen molar-refractivity contribution < 1.29 is 23.7 Å². The first-order valence-electron chi connectivity index (χ1n) is 23.5. The largest absolute Gasteiger partial charge is 0.493 e. The van der Waals surface area contributed by atoms with Gasteiger partial charge in [-0.25, -0.2) is 0 Å². The van der Waals surface area contributed by atoms with Crippen LogP contribution in [-0.2, 0) is 32.1 Å². The van der Waals surface area contributed by atoms with Gasteiger partial charge in [0, 0.05) is 84.1 Å². The van der Waals surface area contributed by atoms with Crippen LogP contribution >= 0.6 is 11.6 Å². The van der Waals surface area contributed by atoms with Crippen molar-refractivity contribution in [3.05, 3.63) is 137 Å². The van der Waals surface area contributed by atoms with E-state index in [9.17, 15) is 4.79 Å². The van der Waals surface area contributed by atoms with Crippen molar-refractivity contribution in [2.75, 3.05) is 32.8 Å². The average molecular weight is 897 g/mol. The lowest BCUT2D eigenvalue weighted by atomic mass is 9.93. The van der Waals surface area contributed by atoms with Gasteiger partial charge in [-0.3, -0.25) is 24.6 Å². The van der Waals surface area contributed by atoms with Crippen LogP contribution in [0.1, 0.15) is 82.1 Å². The lowest BCUT2D eigenvalue weighted by Crippen LogP contribution is -2.39. The number of hydrogen-bond donors (Lipinski definition) is 1. The zero-order valence-electron chi connectivity index (χ0n) is 38.1. The third-order valence-electron chi connectivity index (χ3n) is 13.1. The standard InChI is InChI=1S/C29H33ClN2O3.C25H29N3O2/c1-29(2,3)35-28(33)14-19-8-10-32(11-9-19)18-20-12-22-23(25(30)13-20)16-31-17-24(22)27-15-21-6-4-5-7-26(21)34-27;1-2-29-24-12-17(16-28-9-7-19(26)8-10-28)11-20-21(24)14-27-15-22(20)25-13-18-5-3-4-6-23(18)30-25/h4-7,12-13,15-17,19,21,26H,8-11,14,18H2,1-3H3;3-6,11-15,18-19,23H,2,7-10,16,26H2,1H3. The van der Waals surface area contributed by atoms with E-state index in [0.29, 0.717) is 30.0 Å². The summed E-state index contributed by atoms with van der Waals surface area (Å²) < 4.78 is 24.1. The van der Waals surface area contributed by atoms with Crippen molar-refractivity contribution in [3.63, 3.8) is 0 Å². The quantitative estimate of drug-likeness (QED) is 0.154. The minimum atomic E-state index is -0.424. The second kappa shape index (κ2) is 19.7. The highest BCUT2D eigenvalue weighted by Gasteiger charge is 2.31. The Morgan fingerprint density at radius 3 is 1.80 bits per heavy atom. The molecule has 2 aromatic carbocycles. The summed E-state index contributed by atoms with van der Waals surface area (Å²) in [5.74, 6) is 3.50. The van der Waals surface area contributed by atoms with Gasteiger partial charge in [-0.05, 0) is 156 Å². The number of rotatable bonds is 10. The number of nitrogens with zero attached hydrogens (tertiary/aromatic N) is 4. The molecule has 10 nitrogen and oxygen atoms in total. The lowest BCUT2D eigenvalue weighted by Gasteiger charge is -2.32. The normalized spacial score (nSPS) is 23.3. The van der Waals surface area contributed by atoms with Gasteiger partial charge in [0.1, 0.15) is 35.1 Å². The Bertz CT molecular complexity index is 2580. The summed E-state index contributed by atoms with van der Waals surface area (Å²) in [6.45, 7) is 14.1. The highest BCUT2D eigenvalue weighted by Crippen LogP contribution is 2.40. The predicted octanol–water partition coefficient (Wildman–Crippen LogP) is 10.4. The molecule has 0 amide bonds. The molecule has 2 aliphatic carbocycles. The first kappa shape index (κ1) is 44.9. The molecule has 4 atom stereocenters. The third-order valence-corrected chi connectivity index (χ3v) is 13.4. The van der Waals surface area contributed by atoms with Crippen LogP contribution in [0.25, 0.3) is 33.1 Å². The number of carbonyl (C=O) groups excluding carboxylic acids is 1. The maximum atomic E-state index is 12.2. The molecule has 6 heterocycles. The Kier molecular flexibility index (Phi) is 13.6. The molecule has 4 unspecified atom stereocenters. The van der Waals surface area contributed by atoms with E-state index in [0.717, 1.165) is 115 Å². The van der Waals surface area contributed by atoms with Crippen molar-refractivity contribution in [2.45, 2.75) is 96.7 Å². The molecule has 2 saturated heterocycles. The second-order valence-electron chi connectivity index (χ2n) is 19.2. The van der Waals surface area contributed by atoms with E-state index >= 15 is 0 Å². The molecule has 11 heteroatoms. The maximum absolute atomic E-state index is 12.2. The highest BCUT2D eigenvalue weighted by molar-refractivity contribution is 6.35. The average Bonchev–Trinajstić information content (AvgIpc) is 3.92. The fourth-order valence-electron chi connectivity index (χ4n) is 9.80. The van der Waals surface area contributed by atoms with Gasteiger partial charge >= 0.3 is 5.97 Å². The molecule has 4 aliphatic heterocycles. The maximum Gasteiger partial charge on any atom is 0.306 e. The number of likely N-dealkylation sites (tertiary alicyclic amines) is 2. The van der Waals surface area contributed by atoms with Crippen molar-refractivity contribution in [1.29, 1.82) is 0 Å². The van der Waals surface area contributed by atoms with Crippen molar-refractivity contribution in [1.82, 2.24) is 19.8 Å². The van der Waals surface area contributed by atoms with Crippen molar-refractivity contribution in [2.24, 2.45) is 23.5 Å². The van der Waals surface area contributed by atoms with Gasteiger partial charge in [0.25, 0.3) is 0 Å². The molecule has 2 aromatic heterocycles. The van der Waals surface area contributed by atoms with Crippen LogP contribution < -0.4 is 10.5 Å². The Morgan fingerprint density at radius 1 is 0.723 bits per heavy atom. The topological polar surface area (TPSA) is 112 Å². The van der Waals surface area contributed by atoms with Crippen LogP contribution in [0, 0.1) is 17.8 Å². The number of halogens is 1. The van der Waals surface area contributed by atoms with Crippen LogP contribution in [0.3, 0.4) is 0 Å².